The van der Waals surface area contributed by atoms with E-state index < -0.39 is 0 Å². The van der Waals surface area contributed by atoms with Crippen LogP contribution in [0.2, 0.25) is 10.0 Å². The van der Waals surface area contributed by atoms with Gasteiger partial charge in [0.2, 0.25) is 11.9 Å². The van der Waals surface area contributed by atoms with Crippen LogP contribution >= 0.6 is 23.2 Å². The number of anilines is 2. The number of hydrogen-bond donors (Lipinski definition) is 2. The lowest BCUT2D eigenvalue weighted by molar-refractivity contribution is 0.238. The Bertz CT molecular complexity index is 697. The Labute approximate surface area is 137 Å². The second-order valence-electron chi connectivity index (χ2n) is 5.22. The molecule has 0 radical (unpaired) electrons. The molecule has 0 saturated carbocycles. The predicted molar refractivity (Wildman–Crippen MR) is 87.1 cm³/mol. The molecule has 2 heterocycles. The van der Waals surface area contributed by atoms with E-state index in [4.69, 9.17) is 28.9 Å². The molecule has 0 aliphatic carbocycles. The number of aliphatic hydroxyl groups is 1. The molecule has 8 heteroatoms. The molecule has 1 aromatic heterocycles. The summed E-state index contributed by atoms with van der Waals surface area (Å²) in [5, 5.41) is 10.3. The Balaban J connectivity index is 1.98. The topological polar surface area (TPSA) is 88.2 Å². The van der Waals surface area contributed by atoms with Crippen molar-refractivity contribution < 1.29 is 5.11 Å². The first kappa shape index (κ1) is 15.3. The normalized spacial score (nSPS) is 18.0. The van der Waals surface area contributed by atoms with Crippen molar-refractivity contribution in [3.63, 3.8) is 0 Å². The van der Waals surface area contributed by atoms with E-state index in [0.29, 0.717) is 33.9 Å². The van der Waals surface area contributed by atoms with Gasteiger partial charge < -0.3 is 15.7 Å². The van der Waals surface area contributed by atoms with Crippen LogP contribution in [0.5, 0.6) is 0 Å². The second kappa shape index (κ2) is 6.24. The average Bonchev–Trinajstić information content (AvgIpc) is 2.98. The fourth-order valence-corrected chi connectivity index (χ4v) is 2.85. The molecule has 2 aromatic rings. The monoisotopic (exact) mass is 339 g/mol. The summed E-state index contributed by atoms with van der Waals surface area (Å²) in [7, 11) is 0. The lowest BCUT2D eigenvalue weighted by atomic mass is 10.1. The van der Waals surface area contributed by atoms with E-state index in [0.717, 1.165) is 13.0 Å². The molecule has 1 saturated heterocycles. The maximum atomic E-state index is 9.25. The molecular weight excluding hydrogens is 325 g/mol. The summed E-state index contributed by atoms with van der Waals surface area (Å²) in [6.07, 6.45) is 0.898. The van der Waals surface area contributed by atoms with E-state index in [-0.39, 0.29) is 18.5 Å². The zero-order valence-corrected chi connectivity index (χ0v) is 13.2. The molecule has 116 valence electrons. The molecule has 1 atom stereocenters. The number of rotatable bonds is 3. The van der Waals surface area contributed by atoms with E-state index >= 15 is 0 Å². The predicted octanol–water partition coefficient (Wildman–Crippen LogP) is 2.25. The maximum Gasteiger partial charge on any atom is 0.230 e. The van der Waals surface area contributed by atoms with Crippen LogP contribution in [0.4, 0.5) is 11.9 Å². The molecule has 1 aliphatic heterocycles. The number of halogens is 2. The summed E-state index contributed by atoms with van der Waals surface area (Å²) in [4.78, 5) is 14.8. The van der Waals surface area contributed by atoms with Gasteiger partial charge in [-0.3, -0.25) is 0 Å². The Morgan fingerprint density at radius 2 is 2.09 bits per heavy atom. The fourth-order valence-electron chi connectivity index (χ4n) is 2.47. The molecule has 22 heavy (non-hydrogen) atoms. The summed E-state index contributed by atoms with van der Waals surface area (Å²) in [6, 6.07) is 5.09. The van der Waals surface area contributed by atoms with Crippen LogP contribution in [0.25, 0.3) is 11.4 Å². The van der Waals surface area contributed by atoms with Gasteiger partial charge in [-0.2, -0.15) is 15.0 Å². The lowest BCUT2D eigenvalue weighted by Crippen LogP contribution is -2.23. The number of nitrogen functional groups attached to an aromatic ring is 1. The molecule has 1 aliphatic rings. The van der Waals surface area contributed by atoms with Gasteiger partial charge >= 0.3 is 0 Å². The Morgan fingerprint density at radius 1 is 1.27 bits per heavy atom. The van der Waals surface area contributed by atoms with Gasteiger partial charge in [0.05, 0.1) is 5.02 Å². The number of benzene rings is 1. The summed E-state index contributed by atoms with van der Waals surface area (Å²) >= 11 is 12.2. The largest absolute Gasteiger partial charge is 0.396 e. The van der Waals surface area contributed by atoms with Crippen LogP contribution < -0.4 is 10.6 Å². The fraction of sp³-hybridized carbons (Fsp3) is 0.357. The minimum Gasteiger partial charge on any atom is -0.396 e. The first-order chi connectivity index (χ1) is 10.6. The number of aliphatic hydroxyl groups excluding tert-OH is 1. The Hall–Kier alpha value is -1.63. The highest BCUT2D eigenvalue weighted by atomic mass is 35.5. The van der Waals surface area contributed by atoms with Crippen LogP contribution in [0.15, 0.2) is 18.2 Å². The maximum absolute atomic E-state index is 9.25. The highest BCUT2D eigenvalue weighted by Crippen LogP contribution is 2.30. The molecule has 0 amide bonds. The first-order valence-corrected chi connectivity index (χ1v) is 7.65. The van der Waals surface area contributed by atoms with Gasteiger partial charge in [-0.1, -0.05) is 23.2 Å². The van der Waals surface area contributed by atoms with Crippen molar-refractivity contribution >= 4 is 35.1 Å². The third-order valence-electron chi connectivity index (χ3n) is 3.64. The van der Waals surface area contributed by atoms with Crippen LogP contribution in [0.1, 0.15) is 6.42 Å². The smallest absolute Gasteiger partial charge is 0.230 e. The van der Waals surface area contributed by atoms with Gasteiger partial charge in [0, 0.05) is 36.2 Å². The van der Waals surface area contributed by atoms with Crippen molar-refractivity contribution in [2.45, 2.75) is 6.42 Å². The van der Waals surface area contributed by atoms with Crippen molar-refractivity contribution in [1.29, 1.82) is 0 Å². The van der Waals surface area contributed by atoms with E-state index in [1.807, 2.05) is 4.90 Å². The number of nitrogens with two attached hydrogens (primary N) is 1. The van der Waals surface area contributed by atoms with Gasteiger partial charge in [-0.15, -0.1) is 0 Å². The van der Waals surface area contributed by atoms with Gasteiger partial charge in [-0.25, -0.2) is 0 Å². The molecule has 6 nitrogen and oxygen atoms in total. The van der Waals surface area contributed by atoms with Crippen molar-refractivity contribution in [3.05, 3.63) is 28.2 Å². The second-order valence-corrected chi connectivity index (χ2v) is 6.07. The minimum absolute atomic E-state index is 0.128. The average molecular weight is 340 g/mol. The molecule has 0 bridgehead atoms. The molecule has 1 unspecified atom stereocenters. The molecule has 3 N–H and O–H groups in total. The standard InChI is InChI=1S/C14H15Cl2N5O/c15-9-1-2-11(16)10(5-9)12-18-13(17)20-14(19-12)21-4-3-8(6-21)7-22/h1-2,5,8,22H,3-4,6-7H2,(H2,17,18,19,20). The molecule has 0 spiro atoms. The first-order valence-electron chi connectivity index (χ1n) is 6.89. The number of nitrogens with zero attached hydrogens (tertiary/aromatic N) is 4. The van der Waals surface area contributed by atoms with Crippen molar-refractivity contribution in [2.75, 3.05) is 30.3 Å². The molecule has 3 rings (SSSR count). The van der Waals surface area contributed by atoms with E-state index in [1.54, 1.807) is 18.2 Å². The van der Waals surface area contributed by atoms with Crippen molar-refractivity contribution in [3.8, 4) is 11.4 Å². The SMILES string of the molecule is Nc1nc(-c2cc(Cl)ccc2Cl)nc(N2CCC(CO)C2)n1. The van der Waals surface area contributed by atoms with Gasteiger partial charge in [-0.05, 0) is 24.6 Å². The minimum atomic E-state index is 0.128. The Morgan fingerprint density at radius 3 is 2.82 bits per heavy atom. The summed E-state index contributed by atoms with van der Waals surface area (Å²) in [6.45, 7) is 1.63. The van der Waals surface area contributed by atoms with Crippen LogP contribution in [0.3, 0.4) is 0 Å². The summed E-state index contributed by atoms with van der Waals surface area (Å²) in [5.74, 6) is 1.25. The molecule has 1 fully saturated rings. The van der Waals surface area contributed by atoms with Crippen molar-refractivity contribution in [2.24, 2.45) is 5.92 Å². The zero-order chi connectivity index (χ0) is 15.7. The quantitative estimate of drug-likeness (QED) is 0.891. The summed E-state index contributed by atoms with van der Waals surface area (Å²) < 4.78 is 0. The third kappa shape index (κ3) is 3.09. The van der Waals surface area contributed by atoms with Crippen molar-refractivity contribution in [1.82, 2.24) is 15.0 Å². The van der Waals surface area contributed by atoms with Crippen LogP contribution in [-0.2, 0) is 0 Å². The Kier molecular flexibility index (Phi) is 4.33. The highest BCUT2D eigenvalue weighted by Gasteiger charge is 2.25. The molecular formula is C14H15Cl2N5O. The van der Waals surface area contributed by atoms with Crippen LogP contribution in [-0.4, -0.2) is 39.8 Å². The number of hydrogen-bond acceptors (Lipinski definition) is 6. The van der Waals surface area contributed by atoms with Gasteiger partial charge in [0.15, 0.2) is 5.82 Å². The van der Waals surface area contributed by atoms with E-state index in [1.165, 1.54) is 0 Å². The number of aromatic nitrogens is 3. The van der Waals surface area contributed by atoms with E-state index in [2.05, 4.69) is 15.0 Å². The third-order valence-corrected chi connectivity index (χ3v) is 4.20. The van der Waals surface area contributed by atoms with Crippen LogP contribution in [0, 0.1) is 5.92 Å². The van der Waals surface area contributed by atoms with Gasteiger partial charge in [0.25, 0.3) is 0 Å². The molecule has 1 aromatic carbocycles. The van der Waals surface area contributed by atoms with Gasteiger partial charge in [0.1, 0.15) is 0 Å². The zero-order valence-electron chi connectivity index (χ0n) is 11.7. The summed E-state index contributed by atoms with van der Waals surface area (Å²) in [5.41, 5.74) is 6.42. The van der Waals surface area contributed by atoms with E-state index in [9.17, 15) is 5.11 Å². The lowest BCUT2D eigenvalue weighted by Gasteiger charge is -2.17. The highest BCUT2D eigenvalue weighted by molar-refractivity contribution is 6.35.